The maximum absolute atomic E-state index is 13.3. The average molecular weight is 422 g/mol. The number of carbonyl (C=O) groups is 1. The molecule has 1 amide bonds. The minimum atomic E-state index is -3.59. The molecule has 1 unspecified atom stereocenters. The smallest absolute Gasteiger partial charge is 0.243 e. The van der Waals surface area contributed by atoms with Gasteiger partial charge in [-0.2, -0.15) is 4.31 Å². The van der Waals surface area contributed by atoms with Crippen molar-refractivity contribution < 1.29 is 17.9 Å². The van der Waals surface area contributed by atoms with Gasteiger partial charge in [-0.1, -0.05) is 12.1 Å². The molecular formula is C21H31N3O4S. The van der Waals surface area contributed by atoms with Gasteiger partial charge in [0.15, 0.2) is 0 Å². The first-order valence-corrected chi connectivity index (χ1v) is 11.9. The zero-order valence-corrected chi connectivity index (χ0v) is 18.2. The van der Waals surface area contributed by atoms with Crippen molar-refractivity contribution in [2.75, 3.05) is 59.0 Å². The van der Waals surface area contributed by atoms with Crippen LogP contribution in [0.5, 0.6) is 0 Å². The van der Waals surface area contributed by atoms with Crippen LogP contribution in [-0.2, 0) is 19.6 Å². The van der Waals surface area contributed by atoms with Crippen LogP contribution in [0.2, 0.25) is 0 Å². The summed E-state index contributed by atoms with van der Waals surface area (Å²) in [6, 6.07) is 5.51. The molecule has 3 heterocycles. The summed E-state index contributed by atoms with van der Waals surface area (Å²) >= 11 is 0. The minimum Gasteiger partial charge on any atom is -0.379 e. The van der Waals surface area contributed by atoms with Crippen molar-refractivity contribution in [1.29, 1.82) is 0 Å². The highest BCUT2D eigenvalue weighted by atomic mass is 32.2. The summed E-state index contributed by atoms with van der Waals surface area (Å²) in [6.45, 7) is 10.1. The van der Waals surface area contributed by atoms with Gasteiger partial charge in [0.25, 0.3) is 0 Å². The highest BCUT2D eigenvalue weighted by Crippen LogP contribution is 2.42. The maximum Gasteiger partial charge on any atom is 0.243 e. The van der Waals surface area contributed by atoms with Gasteiger partial charge in [-0.3, -0.25) is 9.69 Å². The maximum atomic E-state index is 13.3. The summed E-state index contributed by atoms with van der Waals surface area (Å²) in [6.07, 6.45) is 1.36. The Morgan fingerprint density at radius 1 is 1.03 bits per heavy atom. The van der Waals surface area contributed by atoms with E-state index in [-0.39, 0.29) is 5.91 Å². The number of ether oxygens (including phenoxy) is 1. The van der Waals surface area contributed by atoms with Crippen molar-refractivity contribution in [2.24, 2.45) is 5.41 Å². The lowest BCUT2D eigenvalue weighted by atomic mass is 9.86. The van der Waals surface area contributed by atoms with E-state index in [1.165, 1.54) is 4.31 Å². The van der Waals surface area contributed by atoms with E-state index in [1.54, 1.807) is 6.07 Å². The van der Waals surface area contributed by atoms with E-state index in [4.69, 9.17) is 4.74 Å². The summed E-state index contributed by atoms with van der Waals surface area (Å²) in [5, 5.41) is 0. The second-order valence-corrected chi connectivity index (χ2v) is 10.5. The number of hydrogen-bond donors (Lipinski definition) is 0. The molecule has 8 heteroatoms. The normalized spacial score (nSPS) is 26.7. The van der Waals surface area contributed by atoms with Crippen molar-refractivity contribution in [3.63, 3.8) is 0 Å². The van der Waals surface area contributed by atoms with Crippen LogP contribution < -0.4 is 0 Å². The summed E-state index contributed by atoms with van der Waals surface area (Å²) in [5.74, 6) is 0.129. The number of aryl methyl sites for hydroxylation is 2. The molecule has 3 saturated heterocycles. The lowest BCUT2D eigenvalue weighted by molar-refractivity contribution is -0.135. The number of nitrogens with zero attached hydrogens (tertiary/aromatic N) is 3. The van der Waals surface area contributed by atoms with Crippen molar-refractivity contribution in [1.82, 2.24) is 14.1 Å². The summed E-state index contributed by atoms with van der Waals surface area (Å²) in [5.41, 5.74) is 1.13. The Bertz CT molecular complexity index is 882. The number of carbonyl (C=O) groups excluding carboxylic acids is 1. The number of hydrogen-bond acceptors (Lipinski definition) is 5. The highest BCUT2D eigenvalue weighted by molar-refractivity contribution is 7.89. The summed E-state index contributed by atoms with van der Waals surface area (Å²) < 4.78 is 33.4. The Morgan fingerprint density at radius 3 is 2.52 bits per heavy atom. The third kappa shape index (κ3) is 3.95. The molecule has 0 aromatic heterocycles. The van der Waals surface area contributed by atoms with Crippen LogP contribution in [-0.4, -0.2) is 87.5 Å². The molecule has 4 rings (SSSR count). The first kappa shape index (κ1) is 20.8. The fourth-order valence-corrected chi connectivity index (χ4v) is 6.57. The molecule has 0 bridgehead atoms. The molecule has 1 atom stereocenters. The van der Waals surface area contributed by atoms with Crippen LogP contribution in [0.1, 0.15) is 24.0 Å². The van der Waals surface area contributed by atoms with Crippen molar-refractivity contribution in [3.05, 3.63) is 29.3 Å². The van der Waals surface area contributed by atoms with Crippen LogP contribution in [0.4, 0.5) is 0 Å². The van der Waals surface area contributed by atoms with Crippen molar-refractivity contribution >= 4 is 15.9 Å². The number of amides is 1. The Morgan fingerprint density at radius 2 is 1.76 bits per heavy atom. The number of rotatable bonds is 5. The van der Waals surface area contributed by atoms with Gasteiger partial charge >= 0.3 is 0 Å². The van der Waals surface area contributed by atoms with Crippen LogP contribution in [0, 0.1) is 19.3 Å². The molecule has 0 aliphatic carbocycles. The molecule has 160 valence electrons. The minimum absolute atomic E-state index is 0.129. The van der Waals surface area contributed by atoms with Gasteiger partial charge in [-0.25, -0.2) is 8.42 Å². The van der Waals surface area contributed by atoms with E-state index in [0.717, 1.165) is 56.9 Å². The summed E-state index contributed by atoms with van der Waals surface area (Å²) in [7, 11) is -3.59. The predicted molar refractivity (Wildman–Crippen MR) is 110 cm³/mol. The van der Waals surface area contributed by atoms with E-state index in [0.29, 0.717) is 31.0 Å². The second kappa shape index (κ2) is 7.98. The Hall–Kier alpha value is -1.48. The first-order valence-electron chi connectivity index (χ1n) is 10.5. The van der Waals surface area contributed by atoms with Crippen LogP contribution in [0.25, 0.3) is 0 Å². The van der Waals surface area contributed by atoms with E-state index in [1.807, 2.05) is 30.9 Å². The molecule has 1 aromatic rings. The first-order chi connectivity index (χ1) is 13.8. The molecule has 0 N–H and O–H groups in total. The van der Waals surface area contributed by atoms with Gasteiger partial charge in [-0.05, 0) is 43.9 Å². The number of morpholine rings is 1. The van der Waals surface area contributed by atoms with Crippen LogP contribution in [0.15, 0.2) is 23.1 Å². The van der Waals surface area contributed by atoms with Gasteiger partial charge in [0.1, 0.15) is 0 Å². The zero-order chi connectivity index (χ0) is 20.6. The number of benzene rings is 1. The topological polar surface area (TPSA) is 70.2 Å². The zero-order valence-electron chi connectivity index (χ0n) is 17.4. The Kier molecular flexibility index (Phi) is 5.72. The van der Waals surface area contributed by atoms with E-state index >= 15 is 0 Å². The largest absolute Gasteiger partial charge is 0.379 e. The molecule has 7 nitrogen and oxygen atoms in total. The van der Waals surface area contributed by atoms with Crippen LogP contribution >= 0.6 is 0 Å². The average Bonchev–Trinajstić information content (AvgIpc) is 3.29. The fourth-order valence-electron chi connectivity index (χ4n) is 4.74. The molecule has 3 aliphatic rings. The molecule has 3 aliphatic heterocycles. The third-order valence-corrected chi connectivity index (χ3v) is 8.66. The molecule has 0 saturated carbocycles. The Labute approximate surface area is 173 Å². The molecule has 0 radical (unpaired) electrons. The number of likely N-dealkylation sites (tertiary alicyclic amines) is 1. The Balaban J connectivity index is 1.43. The van der Waals surface area contributed by atoms with Gasteiger partial charge in [0.2, 0.25) is 15.9 Å². The standard InChI is InChI=1S/C21H31N3O4S/c1-17-3-4-18(2)19(15-17)29(26,27)24-8-6-21(16-24)5-7-23(20(21)25)10-9-22-11-13-28-14-12-22/h3-4,15H,5-14,16H2,1-2H3. The van der Waals surface area contributed by atoms with Gasteiger partial charge in [0, 0.05) is 45.8 Å². The van der Waals surface area contributed by atoms with Gasteiger partial charge < -0.3 is 9.64 Å². The summed E-state index contributed by atoms with van der Waals surface area (Å²) in [4.78, 5) is 17.8. The molecule has 1 spiro atoms. The molecule has 1 aromatic carbocycles. The lowest BCUT2D eigenvalue weighted by Crippen LogP contribution is -2.43. The van der Waals surface area contributed by atoms with E-state index in [2.05, 4.69) is 4.90 Å². The van der Waals surface area contributed by atoms with Crippen molar-refractivity contribution in [2.45, 2.75) is 31.6 Å². The SMILES string of the molecule is Cc1ccc(C)c(S(=O)(=O)N2CCC3(CCN(CCN4CCOCC4)C3=O)C2)c1. The number of sulfonamides is 1. The van der Waals surface area contributed by atoms with E-state index in [9.17, 15) is 13.2 Å². The molecular weight excluding hydrogens is 390 g/mol. The van der Waals surface area contributed by atoms with Gasteiger partial charge in [-0.15, -0.1) is 0 Å². The fraction of sp³-hybridized carbons (Fsp3) is 0.667. The van der Waals surface area contributed by atoms with E-state index < -0.39 is 15.4 Å². The van der Waals surface area contributed by atoms with Gasteiger partial charge in [0.05, 0.1) is 23.5 Å². The molecule has 3 fully saturated rings. The monoisotopic (exact) mass is 421 g/mol. The molecule has 29 heavy (non-hydrogen) atoms. The van der Waals surface area contributed by atoms with Crippen LogP contribution in [0.3, 0.4) is 0 Å². The van der Waals surface area contributed by atoms with Crippen molar-refractivity contribution in [3.8, 4) is 0 Å². The quantitative estimate of drug-likeness (QED) is 0.716. The second-order valence-electron chi connectivity index (χ2n) is 8.63. The lowest BCUT2D eigenvalue weighted by Gasteiger charge is -2.29. The predicted octanol–water partition coefficient (Wildman–Crippen LogP) is 1.25. The third-order valence-electron chi connectivity index (χ3n) is 6.67. The highest BCUT2D eigenvalue weighted by Gasteiger charge is 2.53.